The van der Waals surface area contributed by atoms with Gasteiger partial charge in [0.2, 0.25) is 0 Å². The van der Waals surface area contributed by atoms with E-state index in [1.165, 1.54) is 48.7 Å². The molecule has 0 N–H and O–H groups in total. The van der Waals surface area contributed by atoms with Crippen molar-refractivity contribution in [3.63, 3.8) is 0 Å². The van der Waals surface area contributed by atoms with Crippen molar-refractivity contribution in [2.75, 3.05) is 13.2 Å². The zero-order valence-electron chi connectivity index (χ0n) is 19.4. The van der Waals surface area contributed by atoms with Gasteiger partial charge in [-0.25, -0.2) is 21.6 Å². The molecule has 182 valence electrons. The van der Waals surface area contributed by atoms with E-state index in [1.54, 1.807) is 31.2 Å². The first-order chi connectivity index (χ1) is 16.8. The van der Waals surface area contributed by atoms with E-state index >= 15 is 0 Å². The lowest BCUT2D eigenvalue weighted by Gasteiger charge is -2.12. The van der Waals surface area contributed by atoms with Crippen molar-refractivity contribution in [3.8, 4) is 23.1 Å². The number of nitrogens with zero attached hydrogens (tertiary/aromatic N) is 2. The highest BCUT2D eigenvalue weighted by Crippen LogP contribution is 2.30. The minimum Gasteiger partial charge on any atom is -0.494 e. The first-order valence-electron chi connectivity index (χ1n) is 11.1. The molecule has 0 atom stereocenters. The maximum atomic E-state index is 14.6. The monoisotopic (exact) mass is 496 g/mol. The van der Waals surface area contributed by atoms with E-state index in [0.717, 1.165) is 16.8 Å². The Labute approximate surface area is 204 Å². The van der Waals surface area contributed by atoms with Gasteiger partial charge in [-0.05, 0) is 67.4 Å². The number of esters is 1. The number of unbranched alkanes of at least 4 members (excludes halogenated alkanes) is 1. The second-order valence-electron chi connectivity index (χ2n) is 7.50. The third kappa shape index (κ3) is 5.97. The number of benzene rings is 2. The molecule has 0 aliphatic heterocycles. The van der Waals surface area contributed by atoms with Crippen molar-refractivity contribution in [1.29, 1.82) is 5.26 Å². The van der Waals surface area contributed by atoms with Gasteiger partial charge in [0, 0.05) is 11.8 Å². The van der Waals surface area contributed by atoms with Crippen molar-refractivity contribution in [2.45, 2.75) is 31.6 Å². The van der Waals surface area contributed by atoms with Crippen molar-refractivity contribution >= 4 is 22.1 Å². The minimum absolute atomic E-state index is 0.0324. The lowest BCUT2D eigenvalue weighted by Crippen LogP contribution is -2.13. The van der Waals surface area contributed by atoms with Crippen LogP contribution in [0.1, 0.15) is 32.3 Å². The van der Waals surface area contributed by atoms with Gasteiger partial charge in [-0.15, -0.1) is 0 Å². The Hall–Kier alpha value is -3.90. The fourth-order valence-corrected chi connectivity index (χ4v) is 4.65. The van der Waals surface area contributed by atoms with Crippen molar-refractivity contribution in [1.82, 2.24) is 3.97 Å². The molecule has 9 heteroatoms. The summed E-state index contributed by atoms with van der Waals surface area (Å²) in [4.78, 5) is 12.0. The first-order valence-corrected chi connectivity index (χ1v) is 12.5. The molecule has 0 spiro atoms. The summed E-state index contributed by atoms with van der Waals surface area (Å²) in [5.41, 5.74) is -0.00493. The summed E-state index contributed by atoms with van der Waals surface area (Å²) >= 11 is 0. The van der Waals surface area contributed by atoms with Crippen LogP contribution in [-0.2, 0) is 19.6 Å². The molecule has 0 unspecified atom stereocenters. The zero-order chi connectivity index (χ0) is 25.4. The summed E-state index contributed by atoms with van der Waals surface area (Å²) in [6.45, 7) is 4.24. The van der Waals surface area contributed by atoms with Gasteiger partial charge in [0.1, 0.15) is 23.2 Å². The van der Waals surface area contributed by atoms with Crippen LogP contribution in [0.3, 0.4) is 0 Å². The van der Waals surface area contributed by atoms with E-state index in [1.807, 2.05) is 6.92 Å². The Bertz CT molecular complexity index is 1370. The number of rotatable bonds is 10. The standard InChI is InChI=1S/C26H25FN2O5S/c1-3-5-14-34-21-10-12-22(13-11-21)35(31,32)29-18-19(15-20(17-28)26(30)33-4-2)16-25(29)23-8-6-7-9-24(23)27/h6-13,15-16,18H,3-5,14H2,1-2H3/b20-15+. The van der Waals surface area contributed by atoms with Gasteiger partial charge in [-0.1, -0.05) is 25.5 Å². The van der Waals surface area contributed by atoms with Crippen LogP contribution < -0.4 is 4.74 Å². The zero-order valence-corrected chi connectivity index (χ0v) is 20.2. The lowest BCUT2D eigenvalue weighted by atomic mass is 10.1. The number of aromatic nitrogens is 1. The van der Waals surface area contributed by atoms with E-state index in [4.69, 9.17) is 9.47 Å². The quantitative estimate of drug-likeness (QED) is 0.166. The molecule has 1 aromatic heterocycles. The summed E-state index contributed by atoms with van der Waals surface area (Å²) in [7, 11) is -4.16. The predicted molar refractivity (Wildman–Crippen MR) is 129 cm³/mol. The molecule has 0 saturated heterocycles. The van der Waals surface area contributed by atoms with Gasteiger partial charge in [0.15, 0.2) is 0 Å². The van der Waals surface area contributed by atoms with E-state index in [2.05, 4.69) is 0 Å². The molecule has 0 bridgehead atoms. The Morgan fingerprint density at radius 3 is 2.49 bits per heavy atom. The average molecular weight is 497 g/mol. The van der Waals surface area contributed by atoms with Crippen LogP contribution in [0.15, 0.2) is 71.3 Å². The van der Waals surface area contributed by atoms with Crippen molar-refractivity contribution < 1.29 is 27.1 Å². The van der Waals surface area contributed by atoms with Crippen LogP contribution in [0.4, 0.5) is 4.39 Å². The molecule has 2 aromatic carbocycles. The Kier molecular flexibility index (Phi) is 8.44. The Morgan fingerprint density at radius 1 is 1.14 bits per heavy atom. The van der Waals surface area contributed by atoms with Crippen LogP contribution in [0.2, 0.25) is 0 Å². The summed E-state index contributed by atoms with van der Waals surface area (Å²) < 4.78 is 53.1. The van der Waals surface area contributed by atoms with Gasteiger partial charge >= 0.3 is 5.97 Å². The molecule has 3 aromatic rings. The van der Waals surface area contributed by atoms with E-state index in [9.17, 15) is 22.9 Å². The van der Waals surface area contributed by atoms with Crippen LogP contribution in [0.5, 0.6) is 5.75 Å². The largest absolute Gasteiger partial charge is 0.494 e. The lowest BCUT2D eigenvalue weighted by molar-refractivity contribution is -0.137. The number of nitriles is 1. The van der Waals surface area contributed by atoms with E-state index < -0.39 is 21.8 Å². The number of ether oxygens (including phenoxy) is 2. The SMILES string of the molecule is CCCCOc1ccc(S(=O)(=O)n2cc(/C=C(\C#N)C(=O)OCC)cc2-c2ccccc2F)cc1. The van der Waals surface area contributed by atoms with Crippen LogP contribution >= 0.6 is 0 Å². The van der Waals surface area contributed by atoms with Gasteiger partial charge in [0.25, 0.3) is 10.0 Å². The van der Waals surface area contributed by atoms with Gasteiger partial charge in [0.05, 0.1) is 23.8 Å². The van der Waals surface area contributed by atoms with Crippen molar-refractivity contribution in [3.05, 3.63) is 77.7 Å². The molecule has 1 heterocycles. The second kappa shape index (κ2) is 11.5. The van der Waals surface area contributed by atoms with Gasteiger partial charge in [-0.2, -0.15) is 5.26 Å². The highest BCUT2D eigenvalue weighted by molar-refractivity contribution is 7.90. The van der Waals surface area contributed by atoms with Crippen LogP contribution in [-0.4, -0.2) is 31.6 Å². The van der Waals surface area contributed by atoms with Crippen LogP contribution in [0.25, 0.3) is 17.3 Å². The average Bonchev–Trinajstić information content (AvgIpc) is 3.28. The fourth-order valence-electron chi connectivity index (χ4n) is 3.28. The molecular formula is C26H25FN2O5S. The molecule has 0 aliphatic rings. The molecule has 7 nitrogen and oxygen atoms in total. The number of halogens is 1. The number of hydrogen-bond acceptors (Lipinski definition) is 6. The fraction of sp³-hybridized carbons (Fsp3) is 0.231. The normalized spacial score (nSPS) is 11.7. The summed E-state index contributed by atoms with van der Waals surface area (Å²) in [5.74, 6) is -0.921. The molecule has 0 amide bonds. The molecule has 0 saturated carbocycles. The van der Waals surface area contributed by atoms with E-state index in [0.29, 0.717) is 12.4 Å². The predicted octanol–water partition coefficient (Wildman–Crippen LogP) is 5.18. The molecule has 3 rings (SSSR count). The molecule has 0 radical (unpaired) electrons. The summed E-state index contributed by atoms with van der Waals surface area (Å²) in [6, 6.07) is 14.8. The summed E-state index contributed by atoms with van der Waals surface area (Å²) in [6.07, 6.45) is 4.29. The third-order valence-corrected chi connectivity index (χ3v) is 6.72. The number of hydrogen-bond donors (Lipinski definition) is 0. The maximum absolute atomic E-state index is 14.6. The van der Waals surface area contributed by atoms with Crippen LogP contribution in [0, 0.1) is 17.1 Å². The topological polar surface area (TPSA) is 98.4 Å². The van der Waals surface area contributed by atoms with E-state index in [-0.39, 0.29) is 33.9 Å². The summed E-state index contributed by atoms with van der Waals surface area (Å²) in [5, 5.41) is 9.35. The maximum Gasteiger partial charge on any atom is 0.348 e. The number of carbonyl (C=O) groups is 1. The molecule has 0 aliphatic carbocycles. The highest BCUT2D eigenvalue weighted by Gasteiger charge is 2.23. The minimum atomic E-state index is -4.16. The molecule has 0 fully saturated rings. The molecular weight excluding hydrogens is 471 g/mol. The third-order valence-electron chi connectivity index (χ3n) is 5.03. The van der Waals surface area contributed by atoms with Crippen molar-refractivity contribution in [2.24, 2.45) is 0 Å². The highest BCUT2D eigenvalue weighted by atomic mass is 32.2. The van der Waals surface area contributed by atoms with Gasteiger partial charge < -0.3 is 9.47 Å². The Balaban J connectivity index is 2.10. The van der Waals surface area contributed by atoms with Gasteiger partial charge in [-0.3, -0.25) is 0 Å². The number of carbonyl (C=O) groups excluding carboxylic acids is 1. The first kappa shape index (κ1) is 25.7. The second-order valence-corrected chi connectivity index (χ2v) is 9.32. The molecule has 35 heavy (non-hydrogen) atoms. The smallest absolute Gasteiger partial charge is 0.348 e. The Morgan fingerprint density at radius 2 is 1.86 bits per heavy atom.